The maximum atomic E-state index is 11.8. The predicted molar refractivity (Wildman–Crippen MR) is 63.2 cm³/mol. The summed E-state index contributed by atoms with van der Waals surface area (Å²) in [6.45, 7) is 0. The third kappa shape index (κ3) is 2.37. The van der Waals surface area contributed by atoms with Crippen LogP contribution in [0.4, 0.5) is 0 Å². The van der Waals surface area contributed by atoms with Gasteiger partial charge in [-0.3, -0.25) is 15.5 Å². The number of nitrogens with one attached hydrogen (secondary N) is 2. The van der Waals surface area contributed by atoms with Gasteiger partial charge in [-0.1, -0.05) is 18.2 Å². The molecule has 2 rings (SSSR count). The maximum absolute atomic E-state index is 11.8. The van der Waals surface area contributed by atoms with Crippen LogP contribution in [0, 0.1) is 0 Å². The molecular formula is C11H12N2O2S. The van der Waals surface area contributed by atoms with Gasteiger partial charge >= 0.3 is 0 Å². The molecule has 4 nitrogen and oxygen atoms in total. The molecule has 1 aliphatic rings. The van der Waals surface area contributed by atoms with Crippen LogP contribution in [-0.2, 0) is 0 Å². The van der Waals surface area contributed by atoms with Crippen molar-refractivity contribution < 1.29 is 10.0 Å². The Morgan fingerprint density at radius 1 is 1.38 bits per heavy atom. The lowest BCUT2D eigenvalue weighted by atomic mass is 10.2. The van der Waals surface area contributed by atoms with Gasteiger partial charge in [0.25, 0.3) is 5.91 Å². The quantitative estimate of drug-likeness (QED) is 0.693. The molecule has 0 saturated carbocycles. The van der Waals surface area contributed by atoms with Crippen LogP contribution in [0.3, 0.4) is 0 Å². The van der Waals surface area contributed by atoms with E-state index in [1.807, 2.05) is 18.2 Å². The molecule has 0 aromatic heterocycles. The molecular weight excluding hydrogens is 224 g/mol. The highest BCUT2D eigenvalue weighted by Gasteiger charge is 2.21. The molecule has 1 amide bonds. The van der Waals surface area contributed by atoms with Crippen molar-refractivity contribution in [2.75, 3.05) is 5.75 Å². The molecule has 5 heteroatoms. The normalized spacial score (nSPS) is 19.1. The minimum atomic E-state index is -0.150. The number of thioether (sulfide) groups is 1. The van der Waals surface area contributed by atoms with Crippen molar-refractivity contribution in [2.24, 2.45) is 0 Å². The average Bonchev–Trinajstić information content (AvgIpc) is 2.77. The fourth-order valence-electron chi connectivity index (χ4n) is 1.46. The van der Waals surface area contributed by atoms with Crippen molar-refractivity contribution in [3.05, 3.63) is 47.0 Å². The highest BCUT2D eigenvalue weighted by Crippen LogP contribution is 2.20. The summed E-state index contributed by atoms with van der Waals surface area (Å²) in [5.74, 6) is 0.607. The zero-order chi connectivity index (χ0) is 11.4. The van der Waals surface area contributed by atoms with Crippen LogP contribution < -0.4 is 10.8 Å². The number of carbonyl (C=O) groups excluding carboxylic acids is 1. The molecule has 1 atom stereocenters. The van der Waals surface area contributed by atoms with Gasteiger partial charge < -0.3 is 5.32 Å². The van der Waals surface area contributed by atoms with Gasteiger partial charge in [-0.25, -0.2) is 0 Å². The van der Waals surface area contributed by atoms with Gasteiger partial charge in [-0.2, -0.15) is 0 Å². The van der Waals surface area contributed by atoms with E-state index in [4.69, 9.17) is 5.21 Å². The molecule has 1 heterocycles. The molecule has 84 valence electrons. The Morgan fingerprint density at radius 2 is 2.12 bits per heavy atom. The molecule has 1 aromatic rings. The Balaban J connectivity index is 2.01. The largest absolute Gasteiger partial charge is 0.343 e. The standard InChI is InChI=1S/C11H12N2O2S/c14-11(8-4-2-1-3-5-8)12-9-6-16-7-10(9)13-15/h1-5,7,9,13,15H,6H2,(H,12,14). The van der Waals surface area contributed by atoms with Crippen LogP contribution in [0.25, 0.3) is 0 Å². The molecule has 0 radical (unpaired) electrons. The van der Waals surface area contributed by atoms with Crippen LogP contribution in [0.15, 0.2) is 41.4 Å². The van der Waals surface area contributed by atoms with Gasteiger partial charge in [0.2, 0.25) is 0 Å². The Morgan fingerprint density at radius 3 is 2.81 bits per heavy atom. The predicted octanol–water partition coefficient (Wildman–Crippen LogP) is 1.35. The van der Waals surface area contributed by atoms with Gasteiger partial charge in [0.1, 0.15) is 0 Å². The van der Waals surface area contributed by atoms with E-state index in [-0.39, 0.29) is 11.9 Å². The highest BCUT2D eigenvalue weighted by atomic mass is 32.2. The van der Waals surface area contributed by atoms with Crippen LogP contribution in [0.2, 0.25) is 0 Å². The van der Waals surface area contributed by atoms with E-state index in [2.05, 4.69) is 10.8 Å². The molecule has 1 unspecified atom stereocenters. The van der Waals surface area contributed by atoms with E-state index in [9.17, 15) is 4.79 Å². The van der Waals surface area contributed by atoms with E-state index < -0.39 is 0 Å². The summed E-state index contributed by atoms with van der Waals surface area (Å²) >= 11 is 1.55. The first-order chi connectivity index (χ1) is 7.81. The zero-order valence-corrected chi connectivity index (χ0v) is 9.33. The fourth-order valence-corrected chi connectivity index (χ4v) is 2.41. The van der Waals surface area contributed by atoms with Crippen molar-refractivity contribution in [3.8, 4) is 0 Å². The van der Waals surface area contributed by atoms with E-state index in [0.717, 1.165) is 5.75 Å². The van der Waals surface area contributed by atoms with Crippen LogP contribution in [-0.4, -0.2) is 22.9 Å². The fraction of sp³-hybridized carbons (Fsp3) is 0.182. The van der Waals surface area contributed by atoms with Crippen LogP contribution >= 0.6 is 11.8 Å². The second kappa shape index (κ2) is 5.05. The van der Waals surface area contributed by atoms with E-state index in [1.165, 1.54) is 0 Å². The minimum Gasteiger partial charge on any atom is -0.343 e. The first kappa shape index (κ1) is 11.0. The maximum Gasteiger partial charge on any atom is 0.251 e. The van der Waals surface area contributed by atoms with Crippen LogP contribution in [0.1, 0.15) is 10.4 Å². The number of hydroxylamine groups is 1. The number of rotatable bonds is 3. The topological polar surface area (TPSA) is 61.4 Å². The Kier molecular flexibility index (Phi) is 3.48. The molecule has 0 spiro atoms. The van der Waals surface area contributed by atoms with Crippen molar-refractivity contribution >= 4 is 17.7 Å². The van der Waals surface area contributed by atoms with Crippen molar-refractivity contribution in [2.45, 2.75) is 6.04 Å². The van der Waals surface area contributed by atoms with Crippen molar-refractivity contribution in [1.82, 2.24) is 10.8 Å². The summed E-state index contributed by atoms with van der Waals surface area (Å²) in [5.41, 5.74) is 3.35. The number of carbonyl (C=O) groups is 1. The van der Waals surface area contributed by atoms with Gasteiger partial charge in [0, 0.05) is 11.3 Å². The summed E-state index contributed by atoms with van der Waals surface area (Å²) in [7, 11) is 0. The number of hydrogen-bond donors (Lipinski definition) is 3. The lowest BCUT2D eigenvalue weighted by molar-refractivity contribution is 0.0939. The molecule has 0 bridgehead atoms. The van der Waals surface area contributed by atoms with Gasteiger partial charge in [-0.15, -0.1) is 11.8 Å². The zero-order valence-electron chi connectivity index (χ0n) is 8.51. The Labute approximate surface area is 97.7 Å². The number of benzene rings is 1. The monoisotopic (exact) mass is 236 g/mol. The molecule has 0 fully saturated rings. The molecule has 16 heavy (non-hydrogen) atoms. The number of amides is 1. The Hall–Kier alpha value is -1.46. The molecule has 3 N–H and O–H groups in total. The van der Waals surface area contributed by atoms with Crippen molar-refractivity contribution in [1.29, 1.82) is 0 Å². The minimum absolute atomic E-state index is 0.130. The molecule has 1 aliphatic heterocycles. The summed E-state index contributed by atoms with van der Waals surface area (Å²) in [6, 6.07) is 8.87. The molecule has 0 aliphatic carbocycles. The first-order valence-electron chi connectivity index (χ1n) is 4.89. The smallest absolute Gasteiger partial charge is 0.251 e. The third-order valence-electron chi connectivity index (χ3n) is 2.32. The van der Waals surface area contributed by atoms with Crippen molar-refractivity contribution in [3.63, 3.8) is 0 Å². The van der Waals surface area contributed by atoms with E-state index in [0.29, 0.717) is 11.3 Å². The van der Waals surface area contributed by atoms with Gasteiger partial charge in [-0.05, 0) is 17.5 Å². The second-order valence-electron chi connectivity index (χ2n) is 3.41. The van der Waals surface area contributed by atoms with Gasteiger partial charge in [0.15, 0.2) is 0 Å². The summed E-state index contributed by atoms with van der Waals surface area (Å²) < 4.78 is 0. The Bertz CT molecular complexity index is 406. The molecule has 1 aromatic carbocycles. The average molecular weight is 236 g/mol. The lowest BCUT2D eigenvalue weighted by Gasteiger charge is -2.15. The first-order valence-corrected chi connectivity index (χ1v) is 5.94. The molecule has 0 saturated heterocycles. The number of hydrogen-bond acceptors (Lipinski definition) is 4. The van der Waals surface area contributed by atoms with Crippen LogP contribution in [0.5, 0.6) is 0 Å². The third-order valence-corrected chi connectivity index (χ3v) is 3.27. The second-order valence-corrected chi connectivity index (χ2v) is 4.31. The summed E-state index contributed by atoms with van der Waals surface area (Å²) in [5, 5.41) is 13.5. The summed E-state index contributed by atoms with van der Waals surface area (Å²) in [6.07, 6.45) is 0. The van der Waals surface area contributed by atoms with E-state index in [1.54, 1.807) is 29.3 Å². The van der Waals surface area contributed by atoms with Gasteiger partial charge in [0.05, 0.1) is 11.7 Å². The van der Waals surface area contributed by atoms with E-state index >= 15 is 0 Å². The summed E-state index contributed by atoms with van der Waals surface area (Å²) in [4.78, 5) is 11.8. The SMILES string of the molecule is O=C(NC1CSC=C1NO)c1ccccc1. The highest BCUT2D eigenvalue weighted by molar-refractivity contribution is 8.02. The lowest BCUT2D eigenvalue weighted by Crippen LogP contribution is -2.39.